The van der Waals surface area contributed by atoms with Crippen molar-refractivity contribution in [1.29, 1.82) is 0 Å². The third-order valence-corrected chi connectivity index (χ3v) is 5.73. The van der Waals surface area contributed by atoms with Crippen LogP contribution in [-0.2, 0) is 13.2 Å². The van der Waals surface area contributed by atoms with Crippen LogP contribution in [0.3, 0.4) is 0 Å². The lowest BCUT2D eigenvalue weighted by atomic mass is 10.0. The topological polar surface area (TPSA) is 108 Å². The van der Waals surface area contributed by atoms with Gasteiger partial charge in [-0.15, -0.1) is 15.0 Å². The van der Waals surface area contributed by atoms with E-state index in [1.807, 2.05) is 48.5 Å². The Labute approximate surface area is 205 Å². The molecule has 10 heteroatoms. The molecule has 176 valence electrons. The second-order valence-corrected chi connectivity index (χ2v) is 8.25. The van der Waals surface area contributed by atoms with Crippen LogP contribution in [0.15, 0.2) is 97.5 Å². The summed E-state index contributed by atoms with van der Waals surface area (Å²) in [4.78, 5) is 14.2. The van der Waals surface area contributed by atoms with Crippen molar-refractivity contribution in [2.45, 2.75) is 13.2 Å². The van der Waals surface area contributed by atoms with E-state index in [0.29, 0.717) is 18.1 Å². The molecule has 3 aromatic heterocycles. The molecule has 0 bridgehead atoms. The standard InChI is InChI=1S/C26H21N9O/c36-26(24-13-14-33(30-24)18-35-31-25(29-32-35)20-8-2-1-3-9-20)28-22-15-27-34(17-22)16-21-11-6-10-19-7-4-5-12-23(19)21/h1-15,17H,16,18H2,(H,28,36). The van der Waals surface area contributed by atoms with Crippen LogP contribution in [0.2, 0.25) is 0 Å². The molecular weight excluding hydrogens is 454 g/mol. The number of amides is 1. The number of nitrogens with one attached hydrogen (secondary N) is 1. The highest BCUT2D eigenvalue weighted by molar-refractivity contribution is 6.02. The first kappa shape index (κ1) is 21.4. The van der Waals surface area contributed by atoms with E-state index < -0.39 is 0 Å². The van der Waals surface area contributed by atoms with Crippen LogP contribution >= 0.6 is 0 Å². The van der Waals surface area contributed by atoms with Crippen LogP contribution in [0.4, 0.5) is 5.69 Å². The van der Waals surface area contributed by atoms with Gasteiger partial charge in [0.1, 0.15) is 0 Å². The molecule has 0 spiro atoms. The number of benzene rings is 3. The first-order chi connectivity index (χ1) is 17.7. The minimum Gasteiger partial charge on any atom is -0.318 e. The zero-order chi connectivity index (χ0) is 24.3. The number of rotatable bonds is 7. The highest BCUT2D eigenvalue weighted by Gasteiger charge is 2.13. The molecule has 0 aliphatic heterocycles. The van der Waals surface area contributed by atoms with E-state index in [2.05, 4.69) is 55.2 Å². The van der Waals surface area contributed by atoms with Crippen LogP contribution in [0.25, 0.3) is 22.2 Å². The van der Waals surface area contributed by atoms with E-state index in [9.17, 15) is 4.79 Å². The molecule has 0 unspecified atom stereocenters. The number of fused-ring (bicyclic) bond motifs is 1. The fraction of sp³-hybridized carbons (Fsp3) is 0.0769. The first-order valence-electron chi connectivity index (χ1n) is 11.4. The number of carbonyl (C=O) groups excluding carboxylic acids is 1. The van der Waals surface area contributed by atoms with E-state index in [4.69, 9.17) is 0 Å². The Kier molecular flexibility index (Phi) is 5.51. The van der Waals surface area contributed by atoms with Crippen molar-refractivity contribution in [3.05, 3.63) is 109 Å². The van der Waals surface area contributed by atoms with Crippen molar-refractivity contribution in [2.75, 3.05) is 5.32 Å². The zero-order valence-electron chi connectivity index (χ0n) is 19.1. The lowest BCUT2D eigenvalue weighted by Crippen LogP contribution is -2.15. The maximum atomic E-state index is 12.7. The van der Waals surface area contributed by atoms with Crippen LogP contribution in [0.1, 0.15) is 16.1 Å². The summed E-state index contributed by atoms with van der Waals surface area (Å²) in [5.41, 5.74) is 2.91. The van der Waals surface area contributed by atoms with Crippen LogP contribution in [-0.4, -0.2) is 45.7 Å². The van der Waals surface area contributed by atoms with Crippen molar-refractivity contribution in [3.8, 4) is 11.4 Å². The fourth-order valence-corrected chi connectivity index (χ4v) is 4.01. The Bertz CT molecular complexity index is 1640. The molecule has 1 amide bonds. The monoisotopic (exact) mass is 475 g/mol. The number of hydrogen-bond donors (Lipinski definition) is 1. The predicted octanol–water partition coefficient (Wildman–Crippen LogP) is 3.69. The smallest absolute Gasteiger partial charge is 0.276 e. The average Bonchev–Trinajstić information content (AvgIpc) is 3.67. The number of tetrazole rings is 1. The highest BCUT2D eigenvalue weighted by atomic mass is 16.2. The van der Waals surface area contributed by atoms with Crippen LogP contribution in [0, 0.1) is 0 Å². The van der Waals surface area contributed by atoms with Crippen LogP contribution in [0.5, 0.6) is 0 Å². The summed E-state index contributed by atoms with van der Waals surface area (Å²) in [5.74, 6) is 0.205. The minimum absolute atomic E-state index is 0.232. The highest BCUT2D eigenvalue weighted by Crippen LogP contribution is 2.20. The summed E-state index contributed by atoms with van der Waals surface area (Å²) in [6.45, 7) is 0.831. The maximum absolute atomic E-state index is 12.7. The molecule has 1 N–H and O–H groups in total. The van der Waals surface area contributed by atoms with Gasteiger partial charge < -0.3 is 5.32 Å². The van der Waals surface area contributed by atoms with Gasteiger partial charge in [0.2, 0.25) is 5.82 Å². The molecule has 0 fully saturated rings. The summed E-state index contributed by atoms with van der Waals surface area (Å²) >= 11 is 0. The number of nitrogens with zero attached hydrogens (tertiary/aromatic N) is 8. The SMILES string of the molecule is O=C(Nc1cnn(Cc2cccc3ccccc23)c1)c1ccn(Cn2nnc(-c3ccccc3)n2)n1. The molecule has 6 aromatic rings. The minimum atomic E-state index is -0.324. The molecule has 3 aromatic carbocycles. The Morgan fingerprint density at radius 3 is 2.61 bits per heavy atom. The van der Waals surface area contributed by atoms with E-state index in [0.717, 1.165) is 11.1 Å². The van der Waals surface area contributed by atoms with Gasteiger partial charge in [0.25, 0.3) is 5.91 Å². The third kappa shape index (κ3) is 4.47. The van der Waals surface area contributed by atoms with Gasteiger partial charge in [-0.1, -0.05) is 72.8 Å². The van der Waals surface area contributed by atoms with Crippen molar-refractivity contribution in [2.24, 2.45) is 0 Å². The van der Waals surface area contributed by atoms with Gasteiger partial charge in [0, 0.05) is 18.0 Å². The molecule has 0 aliphatic rings. The molecule has 36 heavy (non-hydrogen) atoms. The maximum Gasteiger partial charge on any atom is 0.276 e. The summed E-state index contributed by atoms with van der Waals surface area (Å²) in [6, 6.07) is 25.7. The third-order valence-electron chi connectivity index (χ3n) is 5.73. The molecule has 10 nitrogen and oxygen atoms in total. The average molecular weight is 476 g/mol. The largest absolute Gasteiger partial charge is 0.318 e. The van der Waals surface area contributed by atoms with Crippen LogP contribution < -0.4 is 5.32 Å². The second kappa shape index (κ2) is 9.26. The lowest BCUT2D eigenvalue weighted by Gasteiger charge is -2.06. The van der Waals surface area contributed by atoms with Gasteiger partial charge in [-0.3, -0.25) is 9.48 Å². The predicted molar refractivity (Wildman–Crippen MR) is 134 cm³/mol. The summed E-state index contributed by atoms with van der Waals surface area (Å²) in [7, 11) is 0. The molecule has 0 aliphatic carbocycles. The Balaban J connectivity index is 1.10. The van der Waals surface area contributed by atoms with Crippen molar-refractivity contribution < 1.29 is 4.79 Å². The van der Waals surface area contributed by atoms with E-state index in [1.54, 1.807) is 34.0 Å². The Morgan fingerprint density at radius 2 is 1.69 bits per heavy atom. The summed E-state index contributed by atoms with van der Waals surface area (Å²) in [5, 5.41) is 26.5. The lowest BCUT2D eigenvalue weighted by molar-refractivity contribution is 0.102. The number of aromatic nitrogens is 8. The summed E-state index contributed by atoms with van der Waals surface area (Å²) < 4.78 is 3.38. The van der Waals surface area contributed by atoms with Crippen molar-refractivity contribution >= 4 is 22.4 Å². The van der Waals surface area contributed by atoms with E-state index >= 15 is 0 Å². The number of hydrogen-bond acceptors (Lipinski definition) is 6. The molecule has 0 saturated heterocycles. The van der Waals surface area contributed by atoms with E-state index in [1.165, 1.54) is 15.6 Å². The van der Waals surface area contributed by atoms with Gasteiger partial charge in [0.05, 0.1) is 18.4 Å². The van der Waals surface area contributed by atoms with Gasteiger partial charge in [-0.25, -0.2) is 4.68 Å². The fourth-order valence-electron chi connectivity index (χ4n) is 4.01. The quantitative estimate of drug-likeness (QED) is 0.377. The first-order valence-corrected chi connectivity index (χ1v) is 11.4. The Hall–Kier alpha value is -5.12. The van der Waals surface area contributed by atoms with Crippen molar-refractivity contribution in [1.82, 2.24) is 39.8 Å². The Morgan fingerprint density at radius 1 is 0.861 bits per heavy atom. The van der Waals surface area contributed by atoms with Gasteiger partial charge in [-0.2, -0.15) is 10.2 Å². The molecule has 6 rings (SSSR count). The van der Waals surface area contributed by atoms with Gasteiger partial charge >= 0.3 is 0 Å². The molecular formula is C26H21N9O. The molecule has 0 atom stereocenters. The van der Waals surface area contributed by atoms with Gasteiger partial charge in [-0.05, 0) is 27.6 Å². The second-order valence-electron chi connectivity index (χ2n) is 8.25. The normalized spacial score (nSPS) is 11.1. The molecule has 3 heterocycles. The van der Waals surface area contributed by atoms with Crippen molar-refractivity contribution in [3.63, 3.8) is 0 Å². The van der Waals surface area contributed by atoms with E-state index in [-0.39, 0.29) is 18.3 Å². The zero-order valence-corrected chi connectivity index (χ0v) is 19.1. The number of carbonyl (C=O) groups is 1. The molecule has 0 saturated carbocycles. The summed E-state index contributed by atoms with van der Waals surface area (Å²) in [6.07, 6.45) is 5.13. The van der Waals surface area contributed by atoms with Gasteiger partial charge in [0.15, 0.2) is 12.4 Å². The number of anilines is 1. The molecule has 0 radical (unpaired) electrons.